The molecular formula is C24H26ClN3OS. The van der Waals surface area contributed by atoms with Crippen LogP contribution in [0.3, 0.4) is 0 Å². The second kappa shape index (κ2) is 9.73. The predicted octanol–water partition coefficient (Wildman–Crippen LogP) is 5.80. The fourth-order valence-corrected chi connectivity index (χ4v) is 5.11. The van der Waals surface area contributed by atoms with Crippen molar-refractivity contribution in [3.63, 3.8) is 0 Å². The Bertz CT molecular complexity index is 991. The van der Waals surface area contributed by atoms with E-state index in [2.05, 4.69) is 22.1 Å². The number of likely N-dealkylation sites (tertiary alicyclic amines) is 1. The summed E-state index contributed by atoms with van der Waals surface area (Å²) in [7, 11) is 0. The van der Waals surface area contributed by atoms with Crippen LogP contribution in [0.25, 0.3) is 0 Å². The molecule has 0 saturated carbocycles. The molecule has 2 unspecified atom stereocenters. The molecule has 1 saturated heterocycles. The highest BCUT2D eigenvalue weighted by Gasteiger charge is 2.31. The van der Waals surface area contributed by atoms with E-state index in [4.69, 9.17) is 11.6 Å². The van der Waals surface area contributed by atoms with Gasteiger partial charge in [0.2, 0.25) is 5.91 Å². The number of nitrogens with one attached hydrogen (secondary N) is 1. The largest absolute Gasteiger partial charge is 0.300 e. The van der Waals surface area contributed by atoms with Gasteiger partial charge in [-0.25, -0.2) is 4.98 Å². The zero-order valence-electron chi connectivity index (χ0n) is 17.1. The highest BCUT2D eigenvalue weighted by Crippen LogP contribution is 2.30. The van der Waals surface area contributed by atoms with E-state index < -0.39 is 0 Å². The van der Waals surface area contributed by atoms with Crippen molar-refractivity contribution in [2.24, 2.45) is 5.92 Å². The maximum absolute atomic E-state index is 13.3. The van der Waals surface area contributed by atoms with Crippen molar-refractivity contribution in [3.8, 4) is 0 Å². The topological polar surface area (TPSA) is 45.2 Å². The number of hydrogen-bond donors (Lipinski definition) is 1. The molecule has 1 aliphatic rings. The number of nitrogens with zero attached hydrogens (tertiary/aromatic N) is 2. The van der Waals surface area contributed by atoms with Crippen LogP contribution >= 0.6 is 22.9 Å². The van der Waals surface area contributed by atoms with Gasteiger partial charge in [-0.05, 0) is 42.5 Å². The monoisotopic (exact) mass is 439 g/mol. The fraction of sp³-hybridized carbons (Fsp3) is 0.333. The molecule has 1 fully saturated rings. The number of aromatic nitrogens is 1. The van der Waals surface area contributed by atoms with Crippen LogP contribution in [0.1, 0.15) is 41.8 Å². The van der Waals surface area contributed by atoms with E-state index in [1.807, 2.05) is 60.8 Å². The molecule has 156 valence electrons. The molecule has 2 heterocycles. The summed E-state index contributed by atoms with van der Waals surface area (Å²) in [6.07, 6.45) is 4.87. The van der Waals surface area contributed by atoms with E-state index in [1.54, 1.807) is 0 Å². The summed E-state index contributed by atoms with van der Waals surface area (Å²) in [5.41, 5.74) is 2.09. The molecule has 30 heavy (non-hydrogen) atoms. The number of thiazole rings is 1. The summed E-state index contributed by atoms with van der Waals surface area (Å²) < 4.78 is 0. The fourth-order valence-electron chi connectivity index (χ4n) is 4.07. The normalized spacial score (nSPS) is 18.1. The molecule has 1 aromatic heterocycles. The lowest BCUT2D eigenvalue weighted by Crippen LogP contribution is -2.42. The Morgan fingerprint density at radius 2 is 2.00 bits per heavy atom. The van der Waals surface area contributed by atoms with Gasteiger partial charge in [0.25, 0.3) is 0 Å². The van der Waals surface area contributed by atoms with Crippen molar-refractivity contribution < 1.29 is 4.79 Å². The van der Waals surface area contributed by atoms with E-state index in [0.717, 1.165) is 40.5 Å². The minimum Gasteiger partial charge on any atom is -0.300 e. The molecule has 0 bridgehead atoms. The van der Waals surface area contributed by atoms with Gasteiger partial charge in [0.1, 0.15) is 6.04 Å². The van der Waals surface area contributed by atoms with E-state index in [0.29, 0.717) is 17.5 Å². The third kappa shape index (κ3) is 5.09. The standard InChI is InChI=1S/C24H26ClN3OS/c1-17-8-7-13-28(16-17)22(18-9-3-2-4-10-18)23(29)27-24-26-15-20(30-24)14-19-11-5-6-12-21(19)25/h2-6,9-12,15,17,22H,7-8,13-14,16H2,1H3,(H,26,27,29). The molecule has 1 N–H and O–H groups in total. The van der Waals surface area contributed by atoms with E-state index in [1.165, 1.54) is 17.8 Å². The average Bonchev–Trinajstić information content (AvgIpc) is 3.17. The molecule has 4 nitrogen and oxygen atoms in total. The van der Waals surface area contributed by atoms with Gasteiger partial charge in [-0.15, -0.1) is 11.3 Å². The third-order valence-corrected chi connectivity index (χ3v) is 6.80. The first kappa shape index (κ1) is 21.0. The number of carbonyl (C=O) groups is 1. The lowest BCUT2D eigenvalue weighted by molar-refractivity contribution is -0.122. The molecule has 2 atom stereocenters. The Morgan fingerprint density at radius 3 is 2.77 bits per heavy atom. The Balaban J connectivity index is 1.50. The average molecular weight is 440 g/mol. The van der Waals surface area contributed by atoms with Gasteiger partial charge in [0.05, 0.1) is 0 Å². The summed E-state index contributed by atoms with van der Waals surface area (Å²) in [4.78, 5) is 21.1. The van der Waals surface area contributed by atoms with E-state index in [-0.39, 0.29) is 11.9 Å². The number of halogens is 1. The van der Waals surface area contributed by atoms with Crippen LogP contribution in [0.15, 0.2) is 60.8 Å². The quantitative estimate of drug-likeness (QED) is 0.528. The number of amides is 1. The van der Waals surface area contributed by atoms with Gasteiger partial charge in [-0.3, -0.25) is 9.69 Å². The smallest absolute Gasteiger partial charge is 0.248 e. The molecule has 0 aliphatic carbocycles. The van der Waals surface area contributed by atoms with Crippen LogP contribution < -0.4 is 5.32 Å². The van der Waals surface area contributed by atoms with Crippen molar-refractivity contribution >= 4 is 34.0 Å². The van der Waals surface area contributed by atoms with Gasteiger partial charge in [-0.2, -0.15) is 0 Å². The second-order valence-corrected chi connectivity index (χ2v) is 9.47. The van der Waals surface area contributed by atoms with Gasteiger partial charge in [0.15, 0.2) is 5.13 Å². The maximum Gasteiger partial charge on any atom is 0.248 e. The Hall–Kier alpha value is -2.21. The van der Waals surface area contributed by atoms with E-state index in [9.17, 15) is 4.79 Å². The van der Waals surface area contributed by atoms with E-state index >= 15 is 0 Å². The van der Waals surface area contributed by atoms with Crippen LogP contribution in [-0.2, 0) is 11.2 Å². The SMILES string of the molecule is CC1CCCN(C(C(=O)Nc2ncc(Cc3ccccc3Cl)s2)c2ccccc2)C1. The van der Waals surface area contributed by atoms with Crippen LogP contribution in [0, 0.1) is 5.92 Å². The molecule has 2 aromatic carbocycles. The summed E-state index contributed by atoms with van der Waals surface area (Å²) >= 11 is 7.79. The first-order valence-corrected chi connectivity index (χ1v) is 11.6. The Kier molecular flexibility index (Phi) is 6.82. The van der Waals surface area contributed by atoms with Crippen molar-refractivity contribution in [1.82, 2.24) is 9.88 Å². The second-order valence-electron chi connectivity index (χ2n) is 7.94. The molecule has 3 aromatic rings. The highest BCUT2D eigenvalue weighted by atomic mass is 35.5. The van der Waals surface area contributed by atoms with Gasteiger partial charge < -0.3 is 5.32 Å². The summed E-state index contributed by atoms with van der Waals surface area (Å²) in [5, 5.41) is 4.45. The van der Waals surface area contributed by atoms with Crippen molar-refractivity contribution in [2.75, 3.05) is 18.4 Å². The highest BCUT2D eigenvalue weighted by molar-refractivity contribution is 7.15. The third-order valence-electron chi connectivity index (χ3n) is 5.52. The van der Waals surface area contributed by atoms with Crippen LogP contribution in [0.2, 0.25) is 5.02 Å². The minimum absolute atomic E-state index is 0.0195. The number of hydrogen-bond acceptors (Lipinski definition) is 4. The number of anilines is 1. The Morgan fingerprint density at radius 1 is 1.23 bits per heavy atom. The number of benzene rings is 2. The lowest BCUT2D eigenvalue weighted by Gasteiger charge is -2.36. The molecule has 6 heteroatoms. The molecule has 4 rings (SSSR count). The van der Waals surface area contributed by atoms with Crippen LogP contribution in [-0.4, -0.2) is 28.9 Å². The number of piperidine rings is 1. The summed E-state index contributed by atoms with van der Waals surface area (Å²) in [6.45, 7) is 4.13. The molecule has 1 aliphatic heterocycles. The van der Waals surface area contributed by atoms with Crippen molar-refractivity contribution in [2.45, 2.75) is 32.2 Å². The Labute approximate surface area is 186 Å². The predicted molar refractivity (Wildman–Crippen MR) is 124 cm³/mol. The molecule has 0 radical (unpaired) electrons. The van der Waals surface area contributed by atoms with Gasteiger partial charge in [-0.1, -0.05) is 67.1 Å². The van der Waals surface area contributed by atoms with Crippen LogP contribution in [0.5, 0.6) is 0 Å². The van der Waals surface area contributed by atoms with Crippen molar-refractivity contribution in [3.05, 3.63) is 81.8 Å². The minimum atomic E-state index is -0.301. The van der Waals surface area contributed by atoms with Gasteiger partial charge >= 0.3 is 0 Å². The first-order chi connectivity index (χ1) is 14.6. The number of rotatable bonds is 6. The number of carbonyl (C=O) groups excluding carboxylic acids is 1. The zero-order chi connectivity index (χ0) is 20.9. The molecular weight excluding hydrogens is 414 g/mol. The first-order valence-electron chi connectivity index (χ1n) is 10.4. The van der Waals surface area contributed by atoms with Crippen molar-refractivity contribution in [1.29, 1.82) is 0 Å². The molecule has 0 spiro atoms. The lowest BCUT2D eigenvalue weighted by atomic mass is 9.96. The maximum atomic E-state index is 13.3. The summed E-state index contributed by atoms with van der Waals surface area (Å²) in [6, 6.07) is 17.6. The zero-order valence-corrected chi connectivity index (χ0v) is 18.6. The molecule has 1 amide bonds. The summed E-state index contributed by atoms with van der Waals surface area (Å²) in [5.74, 6) is 0.578. The van der Waals surface area contributed by atoms with Gasteiger partial charge in [0, 0.05) is 29.1 Å². The van der Waals surface area contributed by atoms with Crippen LogP contribution in [0.4, 0.5) is 5.13 Å².